The molecule has 6 heavy (non-hydrogen) atoms. The van der Waals surface area contributed by atoms with Gasteiger partial charge in [-0.25, -0.2) is 0 Å². The normalized spacial score (nSPS) is 5.50. The summed E-state index contributed by atoms with van der Waals surface area (Å²) in [6, 6.07) is 0. The predicted molar refractivity (Wildman–Crippen MR) is 26.9 cm³/mol. The van der Waals surface area contributed by atoms with Crippen LogP contribution in [0.5, 0.6) is 0 Å². The molecule has 0 saturated carbocycles. The molecule has 32 valence electrons. The van der Waals surface area contributed by atoms with Crippen molar-refractivity contribution in [2.24, 2.45) is 0 Å². The van der Waals surface area contributed by atoms with Crippen molar-refractivity contribution in [2.75, 3.05) is 6.54 Å². The van der Waals surface area contributed by atoms with E-state index in [1.54, 1.807) is 0 Å². The van der Waals surface area contributed by atoms with E-state index >= 15 is 0 Å². The number of rotatable bonds is 2. The van der Waals surface area contributed by atoms with Crippen LogP contribution in [0.25, 0.3) is 0 Å². The standard InChI is InChI=1S/C3H7NO.Li.H/c1-2-4-3-5;;/h3H,2H2,1H3,(H,4,5);;. The van der Waals surface area contributed by atoms with E-state index in [1.807, 2.05) is 6.92 Å². The average Bonchev–Trinajstić information content (AvgIpc) is 1.41. The van der Waals surface area contributed by atoms with Gasteiger partial charge >= 0.3 is 18.9 Å². The van der Waals surface area contributed by atoms with Gasteiger partial charge in [0.15, 0.2) is 0 Å². The van der Waals surface area contributed by atoms with Gasteiger partial charge in [0.25, 0.3) is 0 Å². The molecule has 1 amide bonds. The minimum absolute atomic E-state index is 0. The van der Waals surface area contributed by atoms with E-state index in [1.165, 1.54) is 0 Å². The first-order valence-electron chi connectivity index (χ1n) is 1.59. The molecule has 0 bridgehead atoms. The van der Waals surface area contributed by atoms with Crippen LogP contribution in [0.1, 0.15) is 6.92 Å². The molecule has 2 nitrogen and oxygen atoms in total. The fourth-order valence-corrected chi connectivity index (χ4v) is 0.0833. The Kier molecular flexibility index (Phi) is 14.0. The van der Waals surface area contributed by atoms with E-state index in [2.05, 4.69) is 5.32 Å². The van der Waals surface area contributed by atoms with Crippen LogP contribution in [0, 0.1) is 0 Å². The van der Waals surface area contributed by atoms with Gasteiger partial charge < -0.3 is 5.32 Å². The van der Waals surface area contributed by atoms with Crippen LogP contribution in [0.3, 0.4) is 0 Å². The maximum atomic E-state index is 9.29. The topological polar surface area (TPSA) is 29.1 Å². The number of hydrogen-bond donors (Lipinski definition) is 1. The van der Waals surface area contributed by atoms with Gasteiger partial charge in [0.1, 0.15) is 0 Å². The Hall–Kier alpha value is 0.0674. The number of amides is 1. The monoisotopic (exact) mass is 81.1 g/mol. The minimum atomic E-state index is 0. The van der Waals surface area contributed by atoms with Gasteiger partial charge in [-0.15, -0.1) is 0 Å². The zero-order chi connectivity index (χ0) is 4.12. The van der Waals surface area contributed by atoms with E-state index in [4.69, 9.17) is 0 Å². The van der Waals surface area contributed by atoms with Gasteiger partial charge in [0.05, 0.1) is 0 Å². The number of carbonyl (C=O) groups excluding carboxylic acids is 1. The summed E-state index contributed by atoms with van der Waals surface area (Å²) in [6.07, 6.45) is 0.681. The Bertz CT molecular complexity index is 32.0. The number of carbonyl (C=O) groups is 1. The van der Waals surface area contributed by atoms with Gasteiger partial charge in [-0.2, -0.15) is 0 Å². The third-order valence-electron chi connectivity index (χ3n) is 0.287. The first-order valence-corrected chi connectivity index (χ1v) is 1.59. The van der Waals surface area contributed by atoms with E-state index in [9.17, 15) is 4.79 Å². The molecule has 3 heteroatoms. The molecule has 0 saturated heterocycles. The zero-order valence-electron chi connectivity index (χ0n) is 3.19. The van der Waals surface area contributed by atoms with Crippen LogP contribution in [0.15, 0.2) is 0 Å². The molecule has 0 atom stereocenters. The van der Waals surface area contributed by atoms with Crippen LogP contribution in [0.2, 0.25) is 0 Å². The molecular weight excluding hydrogens is 73.0 g/mol. The summed E-state index contributed by atoms with van der Waals surface area (Å²) < 4.78 is 0. The van der Waals surface area contributed by atoms with Gasteiger partial charge in [-0.05, 0) is 6.92 Å². The summed E-state index contributed by atoms with van der Waals surface area (Å²) in [4.78, 5) is 9.29. The van der Waals surface area contributed by atoms with Crippen molar-refractivity contribution in [2.45, 2.75) is 6.92 Å². The van der Waals surface area contributed by atoms with Crippen LogP contribution in [0.4, 0.5) is 0 Å². The first-order chi connectivity index (χ1) is 2.41. The molecule has 0 rings (SSSR count). The molecule has 0 aliphatic carbocycles. The van der Waals surface area contributed by atoms with E-state index < -0.39 is 0 Å². The third kappa shape index (κ3) is 8.95. The van der Waals surface area contributed by atoms with Crippen molar-refractivity contribution in [1.82, 2.24) is 5.32 Å². The number of nitrogens with one attached hydrogen (secondary N) is 1. The first kappa shape index (κ1) is 9.42. The molecule has 0 aliphatic rings. The summed E-state index contributed by atoms with van der Waals surface area (Å²) in [5.41, 5.74) is 0. The molecule has 0 aliphatic heterocycles. The van der Waals surface area contributed by atoms with Crippen molar-refractivity contribution >= 4 is 25.3 Å². The second-order valence-electron chi connectivity index (χ2n) is 0.676. The van der Waals surface area contributed by atoms with Crippen LogP contribution in [-0.2, 0) is 4.79 Å². The van der Waals surface area contributed by atoms with Crippen molar-refractivity contribution in [3.63, 3.8) is 0 Å². The molecule has 1 N–H and O–H groups in total. The third-order valence-corrected chi connectivity index (χ3v) is 0.287. The molecule has 0 fully saturated rings. The van der Waals surface area contributed by atoms with Crippen LogP contribution < -0.4 is 5.32 Å². The molecule has 0 aromatic heterocycles. The fraction of sp³-hybridized carbons (Fsp3) is 0.667. The van der Waals surface area contributed by atoms with E-state index in [0.717, 1.165) is 6.54 Å². The number of hydrogen-bond acceptors (Lipinski definition) is 1. The van der Waals surface area contributed by atoms with Crippen molar-refractivity contribution in [3.05, 3.63) is 0 Å². The van der Waals surface area contributed by atoms with Gasteiger partial charge in [-0.3, -0.25) is 4.79 Å². The summed E-state index contributed by atoms with van der Waals surface area (Å²) in [5.74, 6) is 0. The molecular formula is C3H8LiNO. The van der Waals surface area contributed by atoms with E-state index in [0.29, 0.717) is 6.41 Å². The van der Waals surface area contributed by atoms with Gasteiger partial charge in [0, 0.05) is 6.54 Å². The van der Waals surface area contributed by atoms with Gasteiger partial charge in [0.2, 0.25) is 6.41 Å². The molecule has 0 heterocycles. The quantitative estimate of drug-likeness (QED) is 0.339. The van der Waals surface area contributed by atoms with Crippen molar-refractivity contribution in [1.29, 1.82) is 0 Å². The molecule has 0 radical (unpaired) electrons. The van der Waals surface area contributed by atoms with Gasteiger partial charge in [-0.1, -0.05) is 0 Å². The Morgan fingerprint density at radius 1 is 1.83 bits per heavy atom. The molecule has 0 aromatic rings. The Balaban J connectivity index is 0. The molecule has 0 aromatic carbocycles. The van der Waals surface area contributed by atoms with Crippen LogP contribution >= 0.6 is 0 Å². The zero-order valence-corrected chi connectivity index (χ0v) is 3.19. The second kappa shape index (κ2) is 8.91. The Labute approximate surface area is 49.5 Å². The molecule has 0 unspecified atom stereocenters. The van der Waals surface area contributed by atoms with Crippen LogP contribution in [-0.4, -0.2) is 31.8 Å². The predicted octanol–water partition coefficient (Wildman–Crippen LogP) is -0.896. The average molecular weight is 81.0 g/mol. The molecule has 0 spiro atoms. The summed E-state index contributed by atoms with van der Waals surface area (Å²) in [5, 5.41) is 2.43. The maximum absolute atomic E-state index is 9.29. The van der Waals surface area contributed by atoms with E-state index in [-0.39, 0.29) is 18.9 Å². The SMILES string of the molecule is CCNC=O.[LiH]. The van der Waals surface area contributed by atoms with Crippen molar-refractivity contribution in [3.8, 4) is 0 Å². The fourth-order valence-electron chi connectivity index (χ4n) is 0.0833. The summed E-state index contributed by atoms with van der Waals surface area (Å²) in [7, 11) is 0. The Morgan fingerprint density at radius 2 is 2.33 bits per heavy atom. The van der Waals surface area contributed by atoms with Crippen molar-refractivity contribution < 1.29 is 4.79 Å². The second-order valence-corrected chi connectivity index (χ2v) is 0.676. The summed E-state index contributed by atoms with van der Waals surface area (Å²) in [6.45, 7) is 2.60. The Morgan fingerprint density at radius 3 is 2.33 bits per heavy atom. The summed E-state index contributed by atoms with van der Waals surface area (Å²) >= 11 is 0.